The molecular weight excluding hydrogens is 268 g/mol. The van der Waals surface area contributed by atoms with E-state index in [1.165, 1.54) is 28.1 Å². The van der Waals surface area contributed by atoms with E-state index in [9.17, 15) is 0 Å². The standard InChI is InChI=1S/C20H15N2/c1-2-9-16-14(7-1)15-8-5-6-13-12-21-17-10-3-4-11-18(17)22(16)20(21)19(13)15/h1-11,15,19H,12H2/q+1. The minimum Gasteiger partial charge on any atom is -0.222 e. The summed E-state index contributed by atoms with van der Waals surface area (Å²) in [7, 11) is 0. The van der Waals surface area contributed by atoms with Gasteiger partial charge in [0.2, 0.25) is 0 Å². The van der Waals surface area contributed by atoms with Gasteiger partial charge in [-0.05, 0) is 23.8 Å². The van der Waals surface area contributed by atoms with Crippen LogP contribution in [0.5, 0.6) is 0 Å². The van der Waals surface area contributed by atoms with Crippen molar-refractivity contribution in [2.24, 2.45) is 0 Å². The lowest BCUT2D eigenvalue weighted by Crippen LogP contribution is -2.33. The highest BCUT2D eigenvalue weighted by molar-refractivity contribution is 5.77. The summed E-state index contributed by atoms with van der Waals surface area (Å²) < 4.78 is 5.01. The molecule has 2 aliphatic heterocycles. The molecule has 0 N–H and O–H groups in total. The predicted molar refractivity (Wildman–Crippen MR) is 86.2 cm³/mol. The van der Waals surface area contributed by atoms with E-state index in [4.69, 9.17) is 0 Å². The van der Waals surface area contributed by atoms with Crippen molar-refractivity contribution in [2.45, 2.75) is 18.4 Å². The average Bonchev–Trinajstić information content (AvgIpc) is 3.10. The molecule has 6 rings (SSSR count). The molecule has 0 saturated heterocycles. The minimum atomic E-state index is 0.488. The van der Waals surface area contributed by atoms with Crippen LogP contribution in [-0.4, -0.2) is 4.57 Å². The van der Waals surface area contributed by atoms with E-state index in [-0.39, 0.29) is 0 Å². The molecule has 1 aliphatic carbocycles. The van der Waals surface area contributed by atoms with Gasteiger partial charge in [-0.1, -0.05) is 48.6 Å². The van der Waals surface area contributed by atoms with Gasteiger partial charge >= 0.3 is 0 Å². The summed E-state index contributed by atoms with van der Waals surface area (Å²) in [5.41, 5.74) is 7.04. The molecule has 1 aromatic heterocycles. The summed E-state index contributed by atoms with van der Waals surface area (Å²) in [6.45, 7) is 1.03. The van der Waals surface area contributed by atoms with Crippen LogP contribution >= 0.6 is 0 Å². The largest absolute Gasteiger partial charge is 0.271 e. The fourth-order valence-electron chi connectivity index (χ4n) is 4.64. The van der Waals surface area contributed by atoms with Crippen molar-refractivity contribution in [3.05, 3.63) is 83.7 Å². The Labute approximate surface area is 128 Å². The van der Waals surface area contributed by atoms with Crippen LogP contribution in [0.2, 0.25) is 0 Å². The number of aromatic nitrogens is 2. The number of allylic oxidation sites excluding steroid dienone is 4. The molecule has 2 heteroatoms. The second kappa shape index (κ2) is 3.58. The summed E-state index contributed by atoms with van der Waals surface area (Å²) >= 11 is 0. The third-order valence-electron chi connectivity index (χ3n) is 5.46. The Kier molecular flexibility index (Phi) is 1.80. The van der Waals surface area contributed by atoms with E-state index in [0.717, 1.165) is 6.54 Å². The van der Waals surface area contributed by atoms with Crippen molar-refractivity contribution in [1.29, 1.82) is 0 Å². The van der Waals surface area contributed by atoms with Crippen molar-refractivity contribution in [2.75, 3.05) is 0 Å². The molecule has 2 aromatic carbocycles. The SMILES string of the molecule is C1=CC2c3ccccc3-n3c4[n+](c5ccccc53)CC(=C1)C42. The average molecular weight is 283 g/mol. The first-order valence-electron chi connectivity index (χ1n) is 7.93. The highest BCUT2D eigenvalue weighted by Crippen LogP contribution is 2.50. The van der Waals surface area contributed by atoms with Crippen LogP contribution in [0.25, 0.3) is 16.7 Å². The summed E-state index contributed by atoms with van der Waals surface area (Å²) in [5, 5.41) is 0. The van der Waals surface area contributed by atoms with E-state index < -0.39 is 0 Å². The Balaban J connectivity index is 1.85. The van der Waals surface area contributed by atoms with Crippen molar-refractivity contribution < 1.29 is 4.57 Å². The summed E-state index contributed by atoms with van der Waals surface area (Å²) in [6.07, 6.45) is 6.95. The summed E-state index contributed by atoms with van der Waals surface area (Å²) in [4.78, 5) is 0. The first kappa shape index (κ1) is 11.0. The van der Waals surface area contributed by atoms with E-state index in [2.05, 4.69) is 75.9 Å². The molecular formula is C20H15N2+. The lowest BCUT2D eigenvalue weighted by atomic mass is 9.76. The lowest BCUT2D eigenvalue weighted by molar-refractivity contribution is -0.660. The van der Waals surface area contributed by atoms with Crippen LogP contribution in [0.3, 0.4) is 0 Å². The normalized spacial score (nSPS) is 23.4. The van der Waals surface area contributed by atoms with Crippen molar-refractivity contribution in [3.8, 4) is 5.69 Å². The van der Waals surface area contributed by atoms with Crippen LogP contribution in [0, 0.1) is 0 Å². The van der Waals surface area contributed by atoms with Gasteiger partial charge in [0.15, 0.2) is 11.0 Å². The molecule has 0 amide bonds. The highest BCUT2D eigenvalue weighted by Gasteiger charge is 2.49. The number of imidazole rings is 1. The van der Waals surface area contributed by atoms with Crippen LogP contribution in [0.1, 0.15) is 23.2 Å². The smallest absolute Gasteiger partial charge is 0.222 e. The van der Waals surface area contributed by atoms with Crippen LogP contribution in [0.4, 0.5) is 0 Å². The maximum Gasteiger partial charge on any atom is 0.271 e. The number of hydrogen-bond acceptors (Lipinski definition) is 0. The van der Waals surface area contributed by atoms with Gasteiger partial charge in [0.05, 0.1) is 5.92 Å². The third kappa shape index (κ3) is 1.09. The molecule has 104 valence electrons. The van der Waals surface area contributed by atoms with Crippen molar-refractivity contribution >= 4 is 11.0 Å². The molecule has 0 radical (unpaired) electrons. The first-order chi connectivity index (χ1) is 10.9. The summed E-state index contributed by atoms with van der Waals surface area (Å²) in [5.74, 6) is 2.45. The molecule has 0 saturated carbocycles. The molecule has 0 spiro atoms. The van der Waals surface area contributed by atoms with Crippen LogP contribution < -0.4 is 4.57 Å². The molecule has 3 aromatic rings. The Morgan fingerprint density at radius 1 is 1.00 bits per heavy atom. The topological polar surface area (TPSA) is 8.81 Å². The molecule has 2 unspecified atom stereocenters. The Bertz CT molecular complexity index is 1020. The number of fused-ring (bicyclic) bond motifs is 6. The third-order valence-corrected chi connectivity index (χ3v) is 5.46. The zero-order chi connectivity index (χ0) is 14.3. The monoisotopic (exact) mass is 283 g/mol. The Hall–Kier alpha value is -2.61. The van der Waals surface area contributed by atoms with Crippen molar-refractivity contribution in [3.63, 3.8) is 0 Å². The molecule has 2 nitrogen and oxygen atoms in total. The predicted octanol–water partition coefficient (Wildman–Crippen LogP) is 3.61. The molecule has 3 heterocycles. The Morgan fingerprint density at radius 2 is 1.86 bits per heavy atom. The second-order valence-electron chi connectivity index (χ2n) is 6.46. The maximum atomic E-state index is 2.52. The lowest BCUT2D eigenvalue weighted by Gasteiger charge is -2.28. The van der Waals surface area contributed by atoms with Gasteiger partial charge in [-0.2, -0.15) is 4.57 Å². The molecule has 0 bridgehead atoms. The maximum absolute atomic E-state index is 2.52. The van der Waals surface area contributed by atoms with Gasteiger partial charge < -0.3 is 0 Å². The fourth-order valence-corrected chi connectivity index (χ4v) is 4.64. The van der Waals surface area contributed by atoms with Crippen LogP contribution in [-0.2, 0) is 6.54 Å². The number of para-hydroxylation sites is 3. The first-order valence-corrected chi connectivity index (χ1v) is 7.93. The fraction of sp³-hybridized carbons (Fsp3) is 0.150. The zero-order valence-corrected chi connectivity index (χ0v) is 12.1. The van der Waals surface area contributed by atoms with Gasteiger partial charge in [0, 0.05) is 11.5 Å². The number of benzene rings is 2. The van der Waals surface area contributed by atoms with Crippen LogP contribution in [0.15, 0.2) is 72.3 Å². The molecule has 0 fully saturated rings. The Morgan fingerprint density at radius 3 is 2.86 bits per heavy atom. The van der Waals surface area contributed by atoms with Gasteiger partial charge in [0.25, 0.3) is 5.82 Å². The number of hydrogen-bond donors (Lipinski definition) is 0. The zero-order valence-electron chi connectivity index (χ0n) is 12.1. The van der Waals surface area contributed by atoms with E-state index in [0.29, 0.717) is 11.8 Å². The van der Waals surface area contributed by atoms with Gasteiger partial charge in [0.1, 0.15) is 12.2 Å². The van der Waals surface area contributed by atoms with E-state index >= 15 is 0 Å². The highest BCUT2D eigenvalue weighted by atomic mass is 15.2. The van der Waals surface area contributed by atoms with E-state index in [1.54, 1.807) is 5.57 Å². The van der Waals surface area contributed by atoms with Gasteiger partial charge in [-0.3, -0.25) is 0 Å². The number of rotatable bonds is 0. The molecule has 22 heavy (non-hydrogen) atoms. The quantitative estimate of drug-likeness (QED) is 0.557. The molecule has 2 atom stereocenters. The minimum absolute atomic E-state index is 0.488. The second-order valence-corrected chi connectivity index (χ2v) is 6.46. The van der Waals surface area contributed by atoms with Gasteiger partial charge in [-0.25, -0.2) is 4.57 Å². The summed E-state index contributed by atoms with van der Waals surface area (Å²) in [6, 6.07) is 17.7. The number of nitrogens with zero attached hydrogens (tertiary/aromatic N) is 2. The van der Waals surface area contributed by atoms with Crippen molar-refractivity contribution in [1.82, 2.24) is 4.57 Å². The van der Waals surface area contributed by atoms with Gasteiger partial charge in [-0.15, -0.1) is 0 Å². The van der Waals surface area contributed by atoms with E-state index in [1.807, 2.05) is 0 Å². The molecule has 3 aliphatic rings.